The van der Waals surface area contributed by atoms with Gasteiger partial charge in [0.1, 0.15) is 0 Å². The first-order valence-electron chi connectivity index (χ1n) is 6.44. The quantitative estimate of drug-likeness (QED) is 0.809. The maximum atomic E-state index is 12.2. The van der Waals surface area contributed by atoms with Gasteiger partial charge in [-0.3, -0.25) is 0 Å². The number of likely N-dealkylation sites (N-methyl/N-ethyl adjacent to an activating group) is 2. The van der Waals surface area contributed by atoms with E-state index >= 15 is 0 Å². The van der Waals surface area contributed by atoms with Crippen LogP contribution in [0, 0.1) is 0 Å². The van der Waals surface area contributed by atoms with Gasteiger partial charge in [-0.2, -0.15) is 13.2 Å². The Kier molecular flexibility index (Phi) is 5.73. The summed E-state index contributed by atoms with van der Waals surface area (Å²) in [4.78, 5) is 1.87. The lowest BCUT2D eigenvalue weighted by molar-refractivity contribution is -0.138. The molecule has 0 heterocycles. The van der Waals surface area contributed by atoms with Crippen LogP contribution in [0.2, 0.25) is 0 Å². The van der Waals surface area contributed by atoms with Crippen LogP contribution in [0.1, 0.15) is 39.0 Å². The molecule has 5 heteroatoms. The molecular weight excluding hydrogens is 229 g/mol. The van der Waals surface area contributed by atoms with Gasteiger partial charge in [0.2, 0.25) is 0 Å². The summed E-state index contributed by atoms with van der Waals surface area (Å²) < 4.78 is 36.6. The third-order valence-electron chi connectivity index (χ3n) is 3.51. The zero-order valence-electron chi connectivity index (χ0n) is 10.7. The van der Waals surface area contributed by atoms with Crippen molar-refractivity contribution in [3.05, 3.63) is 0 Å². The van der Waals surface area contributed by atoms with Gasteiger partial charge in [0, 0.05) is 18.6 Å². The molecular formula is C12H23F3N2. The van der Waals surface area contributed by atoms with Crippen LogP contribution >= 0.6 is 0 Å². The molecule has 102 valence electrons. The van der Waals surface area contributed by atoms with E-state index < -0.39 is 12.6 Å². The zero-order chi connectivity index (χ0) is 12.9. The van der Waals surface area contributed by atoms with E-state index in [0.29, 0.717) is 6.04 Å². The van der Waals surface area contributed by atoms with Crippen LogP contribution in [0.15, 0.2) is 0 Å². The van der Waals surface area contributed by atoms with E-state index in [2.05, 4.69) is 5.32 Å². The summed E-state index contributed by atoms with van der Waals surface area (Å²) in [6.45, 7) is 3.03. The Morgan fingerprint density at radius 3 is 2.47 bits per heavy atom. The number of hydrogen-bond donors (Lipinski definition) is 1. The van der Waals surface area contributed by atoms with Crippen molar-refractivity contribution in [1.82, 2.24) is 10.2 Å². The summed E-state index contributed by atoms with van der Waals surface area (Å²) in [6.07, 6.45) is -0.361. The van der Waals surface area contributed by atoms with E-state index in [4.69, 9.17) is 0 Å². The van der Waals surface area contributed by atoms with Crippen LogP contribution in [0.4, 0.5) is 13.2 Å². The fraction of sp³-hybridized carbons (Fsp3) is 1.00. The zero-order valence-corrected chi connectivity index (χ0v) is 10.7. The van der Waals surface area contributed by atoms with Crippen molar-refractivity contribution in [2.75, 3.05) is 20.1 Å². The van der Waals surface area contributed by atoms with Crippen LogP contribution in [0.5, 0.6) is 0 Å². The Hall–Kier alpha value is -0.290. The Labute approximate surface area is 102 Å². The predicted molar refractivity (Wildman–Crippen MR) is 63.0 cm³/mol. The van der Waals surface area contributed by atoms with Gasteiger partial charge in [0.15, 0.2) is 0 Å². The molecule has 2 nitrogen and oxygen atoms in total. The van der Waals surface area contributed by atoms with Gasteiger partial charge in [-0.25, -0.2) is 0 Å². The fourth-order valence-corrected chi connectivity index (χ4v) is 2.61. The number of nitrogens with one attached hydrogen (secondary N) is 1. The van der Waals surface area contributed by atoms with Crippen LogP contribution in [-0.4, -0.2) is 43.3 Å². The van der Waals surface area contributed by atoms with Crippen molar-refractivity contribution in [2.45, 2.75) is 57.3 Å². The Morgan fingerprint density at radius 1 is 1.24 bits per heavy atom. The number of rotatable bonds is 5. The maximum absolute atomic E-state index is 12.2. The lowest BCUT2D eigenvalue weighted by Gasteiger charge is -2.38. The SMILES string of the molecule is CCNC1CCCCC1N(C)CCC(F)(F)F. The Balaban J connectivity index is 2.44. The molecule has 1 rings (SSSR count). The first-order valence-corrected chi connectivity index (χ1v) is 6.44. The van der Waals surface area contributed by atoms with Gasteiger partial charge < -0.3 is 10.2 Å². The molecule has 1 saturated carbocycles. The summed E-state index contributed by atoms with van der Waals surface area (Å²) in [5.74, 6) is 0. The molecule has 1 aliphatic rings. The molecule has 1 fully saturated rings. The highest BCUT2D eigenvalue weighted by atomic mass is 19.4. The van der Waals surface area contributed by atoms with E-state index in [1.54, 1.807) is 0 Å². The van der Waals surface area contributed by atoms with Gasteiger partial charge >= 0.3 is 6.18 Å². The highest BCUT2D eigenvalue weighted by molar-refractivity contribution is 4.87. The average molecular weight is 252 g/mol. The molecule has 17 heavy (non-hydrogen) atoms. The first kappa shape index (κ1) is 14.8. The van der Waals surface area contributed by atoms with E-state index in [1.165, 1.54) is 6.42 Å². The van der Waals surface area contributed by atoms with E-state index in [0.717, 1.165) is 25.8 Å². The highest BCUT2D eigenvalue weighted by Gasteiger charge is 2.31. The summed E-state index contributed by atoms with van der Waals surface area (Å²) in [6, 6.07) is 0.609. The molecule has 0 aromatic carbocycles. The van der Waals surface area contributed by atoms with E-state index in [1.807, 2.05) is 18.9 Å². The van der Waals surface area contributed by atoms with Crippen LogP contribution in [0.25, 0.3) is 0 Å². The molecule has 0 bridgehead atoms. The fourth-order valence-electron chi connectivity index (χ4n) is 2.61. The normalized spacial score (nSPS) is 26.5. The van der Waals surface area contributed by atoms with Crippen molar-refractivity contribution >= 4 is 0 Å². The van der Waals surface area contributed by atoms with Crippen molar-refractivity contribution < 1.29 is 13.2 Å². The van der Waals surface area contributed by atoms with Crippen LogP contribution < -0.4 is 5.32 Å². The molecule has 0 amide bonds. The second-order valence-electron chi connectivity index (χ2n) is 4.86. The third kappa shape index (κ3) is 5.25. The van der Waals surface area contributed by atoms with E-state index in [9.17, 15) is 13.2 Å². The largest absolute Gasteiger partial charge is 0.390 e. The Morgan fingerprint density at radius 2 is 1.88 bits per heavy atom. The molecule has 0 radical (unpaired) electrons. The van der Waals surface area contributed by atoms with E-state index in [-0.39, 0.29) is 12.6 Å². The number of nitrogens with zero attached hydrogens (tertiary/aromatic N) is 1. The summed E-state index contributed by atoms with van der Waals surface area (Å²) in [5.41, 5.74) is 0. The minimum absolute atomic E-state index is 0.107. The molecule has 1 N–H and O–H groups in total. The van der Waals surface area contributed by atoms with Crippen molar-refractivity contribution in [3.63, 3.8) is 0 Å². The third-order valence-corrected chi connectivity index (χ3v) is 3.51. The minimum Gasteiger partial charge on any atom is -0.313 e. The topological polar surface area (TPSA) is 15.3 Å². The maximum Gasteiger partial charge on any atom is 0.390 e. The van der Waals surface area contributed by atoms with Gasteiger partial charge in [-0.1, -0.05) is 19.8 Å². The predicted octanol–water partition coefficient (Wildman–Crippen LogP) is 2.79. The molecule has 2 unspecified atom stereocenters. The molecule has 0 saturated heterocycles. The standard InChI is InChI=1S/C12H23F3N2/c1-3-16-10-6-4-5-7-11(10)17(2)9-8-12(13,14)15/h10-11,16H,3-9H2,1-2H3. The van der Waals surface area contributed by atoms with Gasteiger partial charge in [-0.15, -0.1) is 0 Å². The second-order valence-corrected chi connectivity index (χ2v) is 4.86. The smallest absolute Gasteiger partial charge is 0.313 e. The number of halogens is 3. The van der Waals surface area contributed by atoms with Gasteiger partial charge in [0.05, 0.1) is 6.42 Å². The van der Waals surface area contributed by atoms with Gasteiger partial charge in [-0.05, 0) is 26.4 Å². The molecule has 0 aromatic rings. The van der Waals surface area contributed by atoms with Crippen molar-refractivity contribution in [3.8, 4) is 0 Å². The molecule has 2 atom stereocenters. The summed E-state index contributed by atoms with van der Waals surface area (Å²) >= 11 is 0. The minimum atomic E-state index is -4.05. The summed E-state index contributed by atoms with van der Waals surface area (Å²) in [5, 5.41) is 3.39. The Bertz CT molecular complexity index is 216. The van der Waals surface area contributed by atoms with Crippen LogP contribution in [0.3, 0.4) is 0 Å². The molecule has 0 spiro atoms. The lowest BCUT2D eigenvalue weighted by atomic mass is 9.89. The van der Waals surface area contributed by atoms with Gasteiger partial charge in [0.25, 0.3) is 0 Å². The molecule has 1 aliphatic carbocycles. The monoisotopic (exact) mass is 252 g/mol. The van der Waals surface area contributed by atoms with Crippen molar-refractivity contribution in [2.24, 2.45) is 0 Å². The molecule has 0 aliphatic heterocycles. The lowest BCUT2D eigenvalue weighted by Crippen LogP contribution is -2.51. The number of alkyl halides is 3. The summed E-state index contributed by atoms with van der Waals surface area (Å²) in [7, 11) is 1.81. The second kappa shape index (κ2) is 6.59. The van der Waals surface area contributed by atoms with Crippen molar-refractivity contribution in [1.29, 1.82) is 0 Å². The number of hydrogen-bond acceptors (Lipinski definition) is 2. The highest BCUT2D eigenvalue weighted by Crippen LogP contribution is 2.25. The average Bonchev–Trinajstić information content (AvgIpc) is 2.26. The first-order chi connectivity index (χ1) is 7.94. The van der Waals surface area contributed by atoms with Crippen LogP contribution in [-0.2, 0) is 0 Å². The molecule has 0 aromatic heterocycles.